The highest BCUT2D eigenvalue weighted by Crippen LogP contribution is 2.24. The van der Waals surface area contributed by atoms with Gasteiger partial charge in [0.05, 0.1) is 22.0 Å². The minimum absolute atomic E-state index is 0.456. The molecule has 1 heterocycles. The number of rotatable bonds is 5. The Morgan fingerprint density at radius 3 is 2.50 bits per heavy atom. The molecule has 108 valence electrons. The Kier molecular flexibility index (Phi) is 4.83. The first-order valence-electron chi connectivity index (χ1n) is 6.64. The van der Waals surface area contributed by atoms with E-state index in [1.54, 1.807) is 6.92 Å². The van der Waals surface area contributed by atoms with Crippen LogP contribution in [-0.2, 0) is 20.1 Å². The Balaban J connectivity index is 2.07. The van der Waals surface area contributed by atoms with Crippen molar-refractivity contribution in [3.8, 4) is 5.75 Å². The zero-order valence-corrected chi connectivity index (χ0v) is 13.5. The lowest BCUT2D eigenvalue weighted by atomic mass is 10.1. The van der Waals surface area contributed by atoms with Gasteiger partial charge in [-0.2, -0.15) is 5.10 Å². The molecule has 20 heavy (non-hydrogen) atoms. The van der Waals surface area contributed by atoms with E-state index < -0.39 is 6.10 Å². The van der Waals surface area contributed by atoms with Gasteiger partial charge in [-0.15, -0.1) is 0 Å². The van der Waals surface area contributed by atoms with Crippen LogP contribution in [-0.4, -0.2) is 14.9 Å². The van der Waals surface area contributed by atoms with Crippen molar-refractivity contribution in [2.24, 2.45) is 7.05 Å². The minimum Gasteiger partial charge on any atom is -0.487 e. The van der Waals surface area contributed by atoms with Gasteiger partial charge in [-0.1, -0.05) is 19.1 Å². The lowest BCUT2D eigenvalue weighted by molar-refractivity contribution is 0.199. The first-order chi connectivity index (χ1) is 9.52. The number of aryl methyl sites for hydroxylation is 2. The van der Waals surface area contributed by atoms with Crippen LogP contribution in [0.25, 0.3) is 0 Å². The van der Waals surface area contributed by atoms with E-state index in [0.29, 0.717) is 6.61 Å². The van der Waals surface area contributed by atoms with Crippen molar-refractivity contribution in [3.63, 3.8) is 0 Å². The van der Waals surface area contributed by atoms with E-state index in [1.807, 2.05) is 36.0 Å². The zero-order valence-electron chi connectivity index (χ0n) is 11.9. The molecule has 1 unspecified atom stereocenters. The van der Waals surface area contributed by atoms with Crippen LogP contribution >= 0.6 is 15.9 Å². The molecule has 0 spiro atoms. The van der Waals surface area contributed by atoms with Crippen LogP contribution in [0.2, 0.25) is 0 Å². The smallest absolute Gasteiger partial charge is 0.131 e. The standard InChI is InChI=1S/C15H19BrN2O2/c1-4-13-15(16)14(18(3)17-13)9-20-12-7-5-11(6-8-12)10(2)19/h5-8,10,19H,4,9H2,1-3H3. The molecule has 0 bridgehead atoms. The van der Waals surface area contributed by atoms with Gasteiger partial charge in [-0.3, -0.25) is 4.68 Å². The molecular weight excluding hydrogens is 320 g/mol. The molecule has 0 fully saturated rings. The van der Waals surface area contributed by atoms with Crippen molar-refractivity contribution in [1.82, 2.24) is 9.78 Å². The molecule has 2 rings (SSSR count). The lowest BCUT2D eigenvalue weighted by Gasteiger charge is -2.09. The van der Waals surface area contributed by atoms with Crippen molar-refractivity contribution in [2.45, 2.75) is 33.0 Å². The molecule has 1 aromatic heterocycles. The van der Waals surface area contributed by atoms with Gasteiger partial charge < -0.3 is 9.84 Å². The average Bonchev–Trinajstić information content (AvgIpc) is 2.71. The fraction of sp³-hybridized carbons (Fsp3) is 0.400. The fourth-order valence-electron chi connectivity index (χ4n) is 1.97. The number of benzene rings is 1. The summed E-state index contributed by atoms with van der Waals surface area (Å²) in [6.45, 7) is 4.28. The first-order valence-corrected chi connectivity index (χ1v) is 7.43. The van der Waals surface area contributed by atoms with Crippen LogP contribution in [0.1, 0.15) is 36.9 Å². The molecule has 0 aliphatic heterocycles. The predicted octanol–water partition coefficient (Wildman–Crippen LogP) is 3.38. The molecule has 0 aliphatic carbocycles. The summed E-state index contributed by atoms with van der Waals surface area (Å²) in [7, 11) is 1.92. The Hall–Kier alpha value is -1.33. The quantitative estimate of drug-likeness (QED) is 0.908. The van der Waals surface area contributed by atoms with Crippen molar-refractivity contribution >= 4 is 15.9 Å². The third-order valence-electron chi connectivity index (χ3n) is 3.24. The molecule has 0 saturated heterocycles. The summed E-state index contributed by atoms with van der Waals surface area (Å²) in [6, 6.07) is 7.48. The molecule has 2 aromatic rings. The first kappa shape index (κ1) is 15.1. The van der Waals surface area contributed by atoms with Gasteiger partial charge in [0.1, 0.15) is 12.4 Å². The highest BCUT2D eigenvalue weighted by Gasteiger charge is 2.13. The number of aliphatic hydroxyl groups is 1. The van der Waals surface area contributed by atoms with Gasteiger partial charge in [-0.05, 0) is 47.0 Å². The van der Waals surface area contributed by atoms with E-state index in [9.17, 15) is 5.11 Å². The van der Waals surface area contributed by atoms with Crippen LogP contribution in [0, 0.1) is 0 Å². The van der Waals surface area contributed by atoms with Crippen molar-refractivity contribution in [3.05, 3.63) is 45.7 Å². The number of hydrogen-bond acceptors (Lipinski definition) is 3. The van der Waals surface area contributed by atoms with E-state index >= 15 is 0 Å². The van der Waals surface area contributed by atoms with Crippen molar-refractivity contribution in [2.75, 3.05) is 0 Å². The summed E-state index contributed by atoms with van der Waals surface area (Å²) >= 11 is 3.57. The van der Waals surface area contributed by atoms with Crippen LogP contribution in [0.3, 0.4) is 0 Å². The number of nitrogens with zero attached hydrogens (tertiary/aromatic N) is 2. The summed E-state index contributed by atoms with van der Waals surface area (Å²) in [6.07, 6.45) is 0.430. The second kappa shape index (κ2) is 6.41. The van der Waals surface area contributed by atoms with Gasteiger partial charge in [0.15, 0.2) is 0 Å². The van der Waals surface area contributed by atoms with Gasteiger partial charge >= 0.3 is 0 Å². The van der Waals surface area contributed by atoms with Crippen molar-refractivity contribution < 1.29 is 9.84 Å². The third-order valence-corrected chi connectivity index (χ3v) is 4.16. The third kappa shape index (κ3) is 3.22. The number of aromatic nitrogens is 2. The van der Waals surface area contributed by atoms with Gasteiger partial charge in [0, 0.05) is 7.05 Å². The van der Waals surface area contributed by atoms with E-state index in [-0.39, 0.29) is 0 Å². The molecular formula is C15H19BrN2O2. The SMILES string of the molecule is CCc1nn(C)c(COc2ccc(C(C)O)cc2)c1Br. The normalized spacial score (nSPS) is 12.4. The van der Waals surface area contributed by atoms with Crippen molar-refractivity contribution in [1.29, 1.82) is 0 Å². The van der Waals surface area contributed by atoms with E-state index in [2.05, 4.69) is 28.0 Å². The molecule has 0 saturated carbocycles. The molecule has 5 heteroatoms. The number of aliphatic hydroxyl groups excluding tert-OH is 1. The average molecular weight is 339 g/mol. The van der Waals surface area contributed by atoms with Crippen LogP contribution in [0.4, 0.5) is 0 Å². The van der Waals surface area contributed by atoms with Gasteiger partial charge in [0.25, 0.3) is 0 Å². The maximum Gasteiger partial charge on any atom is 0.131 e. The summed E-state index contributed by atoms with van der Waals surface area (Å²) in [5, 5.41) is 13.9. The molecule has 1 atom stereocenters. The Morgan fingerprint density at radius 1 is 1.35 bits per heavy atom. The Bertz CT molecular complexity index is 576. The minimum atomic E-state index is -0.456. The molecule has 0 radical (unpaired) electrons. The number of halogens is 1. The van der Waals surface area contributed by atoms with E-state index in [1.165, 1.54) is 0 Å². The maximum atomic E-state index is 9.47. The van der Waals surface area contributed by atoms with E-state index in [0.717, 1.165) is 33.6 Å². The number of ether oxygens (including phenoxy) is 1. The second-order valence-electron chi connectivity index (χ2n) is 4.72. The highest BCUT2D eigenvalue weighted by atomic mass is 79.9. The summed E-state index contributed by atoms with van der Waals surface area (Å²) in [4.78, 5) is 0. The second-order valence-corrected chi connectivity index (χ2v) is 5.51. The van der Waals surface area contributed by atoms with Crippen LogP contribution in [0.15, 0.2) is 28.7 Å². The Morgan fingerprint density at radius 2 is 2.00 bits per heavy atom. The molecule has 1 aromatic carbocycles. The number of hydrogen-bond donors (Lipinski definition) is 1. The maximum absolute atomic E-state index is 9.47. The van der Waals surface area contributed by atoms with Gasteiger partial charge in [-0.25, -0.2) is 0 Å². The molecule has 1 N–H and O–H groups in total. The highest BCUT2D eigenvalue weighted by molar-refractivity contribution is 9.10. The topological polar surface area (TPSA) is 47.3 Å². The summed E-state index contributed by atoms with van der Waals surface area (Å²) in [5.41, 5.74) is 2.93. The fourth-order valence-corrected chi connectivity index (χ4v) is 2.70. The van der Waals surface area contributed by atoms with Gasteiger partial charge in [0.2, 0.25) is 0 Å². The monoisotopic (exact) mass is 338 g/mol. The summed E-state index contributed by atoms with van der Waals surface area (Å²) < 4.78 is 8.63. The van der Waals surface area contributed by atoms with E-state index in [4.69, 9.17) is 4.74 Å². The largest absolute Gasteiger partial charge is 0.487 e. The molecule has 0 aliphatic rings. The van der Waals surface area contributed by atoms with Crippen LogP contribution < -0.4 is 4.74 Å². The lowest BCUT2D eigenvalue weighted by Crippen LogP contribution is -2.03. The zero-order chi connectivity index (χ0) is 14.7. The molecule has 0 amide bonds. The predicted molar refractivity (Wildman–Crippen MR) is 81.7 cm³/mol. The molecule has 4 nitrogen and oxygen atoms in total. The Labute approximate surface area is 127 Å². The van der Waals surface area contributed by atoms with Crippen LogP contribution in [0.5, 0.6) is 5.75 Å². The summed E-state index contributed by atoms with van der Waals surface area (Å²) in [5.74, 6) is 0.778.